The summed E-state index contributed by atoms with van der Waals surface area (Å²) in [4.78, 5) is 25.2. The normalized spacial score (nSPS) is 12.7. The van der Waals surface area contributed by atoms with E-state index in [0.29, 0.717) is 17.6 Å². The highest BCUT2D eigenvalue weighted by Crippen LogP contribution is 2.20. The van der Waals surface area contributed by atoms with Crippen molar-refractivity contribution in [3.63, 3.8) is 0 Å². The maximum absolute atomic E-state index is 12.4. The maximum Gasteiger partial charge on any atom is 0.262 e. The summed E-state index contributed by atoms with van der Waals surface area (Å²) in [6.45, 7) is 4.61. The van der Waals surface area contributed by atoms with E-state index >= 15 is 0 Å². The minimum Gasteiger partial charge on any atom is -0.298 e. The van der Waals surface area contributed by atoms with Gasteiger partial charge < -0.3 is 0 Å². The summed E-state index contributed by atoms with van der Waals surface area (Å²) < 4.78 is 1.63. The third kappa shape index (κ3) is 2.34. The first-order chi connectivity index (χ1) is 9.65. The molecule has 0 aliphatic rings. The van der Waals surface area contributed by atoms with E-state index < -0.39 is 0 Å². The van der Waals surface area contributed by atoms with E-state index in [1.54, 1.807) is 40.6 Å². The van der Waals surface area contributed by atoms with Crippen LogP contribution in [0.3, 0.4) is 0 Å². The van der Waals surface area contributed by atoms with Crippen LogP contribution in [0.15, 0.2) is 34.8 Å². The molecule has 20 heavy (non-hydrogen) atoms. The van der Waals surface area contributed by atoms with Crippen molar-refractivity contribution in [1.29, 1.82) is 0 Å². The molecular formula is C14H14N4OS. The highest BCUT2D eigenvalue weighted by molar-refractivity contribution is 7.09. The molecule has 0 spiro atoms. The predicted molar refractivity (Wildman–Crippen MR) is 79.1 cm³/mol. The summed E-state index contributed by atoms with van der Waals surface area (Å²) in [5.74, 6) is 0.183. The Bertz CT molecular complexity index is 808. The molecule has 5 nitrogen and oxygen atoms in total. The summed E-state index contributed by atoms with van der Waals surface area (Å²) in [6, 6.07) is 3.51. The molecule has 0 bridgehead atoms. The molecule has 3 aromatic rings. The van der Waals surface area contributed by atoms with Gasteiger partial charge in [-0.2, -0.15) is 0 Å². The van der Waals surface area contributed by atoms with Crippen LogP contribution in [0, 0.1) is 6.92 Å². The van der Waals surface area contributed by atoms with Gasteiger partial charge in [-0.1, -0.05) is 6.92 Å². The van der Waals surface area contributed by atoms with Crippen molar-refractivity contribution in [3.8, 4) is 0 Å². The van der Waals surface area contributed by atoms with E-state index in [2.05, 4.69) is 21.9 Å². The number of thiazole rings is 1. The van der Waals surface area contributed by atoms with E-state index in [1.165, 1.54) is 0 Å². The van der Waals surface area contributed by atoms with Gasteiger partial charge >= 0.3 is 0 Å². The Morgan fingerprint density at radius 2 is 2.25 bits per heavy atom. The fraction of sp³-hybridized carbons (Fsp3) is 0.286. The van der Waals surface area contributed by atoms with Crippen molar-refractivity contribution >= 4 is 22.4 Å². The molecule has 3 heterocycles. The lowest BCUT2D eigenvalue weighted by Gasteiger charge is -2.11. The van der Waals surface area contributed by atoms with Crippen molar-refractivity contribution < 1.29 is 0 Å². The van der Waals surface area contributed by atoms with E-state index in [0.717, 1.165) is 10.7 Å². The summed E-state index contributed by atoms with van der Waals surface area (Å²) >= 11 is 1.63. The SMILES string of the molecule is Cc1csc([C@H](C)Cn2cnc3ncccc3c2=O)n1. The molecule has 0 aliphatic heterocycles. The Labute approximate surface area is 120 Å². The van der Waals surface area contributed by atoms with Gasteiger partial charge in [-0.05, 0) is 19.1 Å². The highest BCUT2D eigenvalue weighted by atomic mass is 32.1. The topological polar surface area (TPSA) is 60.7 Å². The molecule has 0 fully saturated rings. The number of aromatic nitrogens is 4. The molecule has 0 saturated heterocycles. The number of fused-ring (bicyclic) bond motifs is 1. The van der Waals surface area contributed by atoms with Gasteiger partial charge in [0.25, 0.3) is 5.56 Å². The number of rotatable bonds is 3. The summed E-state index contributed by atoms with van der Waals surface area (Å²) in [5, 5.41) is 3.62. The number of nitrogens with zero attached hydrogens (tertiary/aromatic N) is 4. The third-order valence-electron chi connectivity index (χ3n) is 3.13. The fourth-order valence-corrected chi connectivity index (χ4v) is 2.95. The van der Waals surface area contributed by atoms with Gasteiger partial charge in [0.05, 0.1) is 10.4 Å². The monoisotopic (exact) mass is 286 g/mol. The van der Waals surface area contributed by atoms with E-state index in [9.17, 15) is 4.79 Å². The van der Waals surface area contributed by atoms with Crippen LogP contribution in [0.25, 0.3) is 11.0 Å². The van der Waals surface area contributed by atoms with Gasteiger partial charge in [-0.15, -0.1) is 11.3 Å². The van der Waals surface area contributed by atoms with Crippen molar-refractivity contribution in [2.45, 2.75) is 26.3 Å². The lowest BCUT2D eigenvalue weighted by molar-refractivity contribution is 0.573. The largest absolute Gasteiger partial charge is 0.298 e. The first-order valence-corrected chi connectivity index (χ1v) is 7.25. The Kier molecular flexibility index (Phi) is 3.31. The lowest BCUT2D eigenvalue weighted by atomic mass is 10.2. The lowest BCUT2D eigenvalue weighted by Crippen LogP contribution is -2.23. The molecule has 102 valence electrons. The third-order valence-corrected chi connectivity index (χ3v) is 4.32. The molecule has 6 heteroatoms. The number of aryl methyl sites for hydroxylation is 1. The Morgan fingerprint density at radius 1 is 1.40 bits per heavy atom. The minimum absolute atomic E-state index is 0.0526. The van der Waals surface area contributed by atoms with Gasteiger partial charge in [-0.3, -0.25) is 9.36 Å². The summed E-state index contributed by atoms with van der Waals surface area (Å²) in [5.41, 5.74) is 1.46. The summed E-state index contributed by atoms with van der Waals surface area (Å²) in [6.07, 6.45) is 3.20. The second kappa shape index (κ2) is 5.13. The molecular weight excluding hydrogens is 272 g/mol. The van der Waals surface area contributed by atoms with E-state index in [4.69, 9.17) is 0 Å². The van der Waals surface area contributed by atoms with Crippen molar-refractivity contribution in [2.24, 2.45) is 0 Å². The second-order valence-corrected chi connectivity index (χ2v) is 5.69. The minimum atomic E-state index is -0.0526. The predicted octanol–water partition coefficient (Wildman–Crippen LogP) is 2.36. The van der Waals surface area contributed by atoms with Crippen LogP contribution in [-0.4, -0.2) is 19.5 Å². The molecule has 1 atom stereocenters. The number of hydrogen-bond acceptors (Lipinski definition) is 5. The zero-order valence-corrected chi connectivity index (χ0v) is 12.1. The van der Waals surface area contributed by atoms with Gasteiger partial charge in [0.1, 0.15) is 6.33 Å². The van der Waals surface area contributed by atoms with Crippen LogP contribution < -0.4 is 5.56 Å². The molecule has 0 saturated carbocycles. The highest BCUT2D eigenvalue weighted by Gasteiger charge is 2.12. The molecule has 0 aromatic carbocycles. The Morgan fingerprint density at radius 3 is 3.00 bits per heavy atom. The second-order valence-electron chi connectivity index (χ2n) is 4.80. The Balaban J connectivity index is 1.95. The van der Waals surface area contributed by atoms with Crippen LogP contribution in [0.1, 0.15) is 23.5 Å². The molecule has 0 radical (unpaired) electrons. The van der Waals surface area contributed by atoms with Gasteiger partial charge in [0, 0.05) is 29.7 Å². The average Bonchev–Trinajstić information content (AvgIpc) is 2.89. The molecule has 0 amide bonds. The zero-order chi connectivity index (χ0) is 14.1. The first kappa shape index (κ1) is 12.9. The average molecular weight is 286 g/mol. The van der Waals surface area contributed by atoms with Crippen LogP contribution >= 0.6 is 11.3 Å². The molecule has 0 aliphatic carbocycles. The van der Waals surface area contributed by atoms with Crippen molar-refractivity contribution in [1.82, 2.24) is 19.5 Å². The van der Waals surface area contributed by atoms with E-state index in [1.807, 2.05) is 12.3 Å². The first-order valence-electron chi connectivity index (χ1n) is 6.37. The van der Waals surface area contributed by atoms with Crippen molar-refractivity contribution in [3.05, 3.63) is 51.1 Å². The summed E-state index contributed by atoms with van der Waals surface area (Å²) in [7, 11) is 0. The fourth-order valence-electron chi connectivity index (χ4n) is 2.10. The molecule has 3 aromatic heterocycles. The van der Waals surface area contributed by atoms with Crippen molar-refractivity contribution in [2.75, 3.05) is 0 Å². The quantitative estimate of drug-likeness (QED) is 0.741. The van der Waals surface area contributed by atoms with Gasteiger partial charge in [0.15, 0.2) is 5.65 Å². The maximum atomic E-state index is 12.4. The standard InChI is InChI=1S/C14H14N4OS/c1-9(13-17-10(2)7-20-13)6-18-8-16-12-11(14(18)19)4-3-5-15-12/h3-5,7-9H,6H2,1-2H3/t9-/m1/s1. The van der Waals surface area contributed by atoms with E-state index in [-0.39, 0.29) is 11.5 Å². The van der Waals surface area contributed by atoms with Crippen LogP contribution in [0.4, 0.5) is 0 Å². The van der Waals surface area contributed by atoms with Gasteiger partial charge in [-0.25, -0.2) is 15.0 Å². The van der Waals surface area contributed by atoms with Crippen LogP contribution in [0.2, 0.25) is 0 Å². The Hall–Kier alpha value is -2.08. The smallest absolute Gasteiger partial charge is 0.262 e. The number of hydrogen-bond donors (Lipinski definition) is 0. The van der Waals surface area contributed by atoms with Gasteiger partial charge in [0.2, 0.25) is 0 Å². The molecule has 3 rings (SSSR count). The molecule has 0 unspecified atom stereocenters. The number of pyridine rings is 1. The molecule has 0 N–H and O–H groups in total. The van der Waals surface area contributed by atoms with Crippen LogP contribution in [0.5, 0.6) is 0 Å². The zero-order valence-electron chi connectivity index (χ0n) is 11.3. The van der Waals surface area contributed by atoms with Crippen LogP contribution in [-0.2, 0) is 6.54 Å².